The summed E-state index contributed by atoms with van der Waals surface area (Å²) in [6.45, 7) is 2.06. The molecule has 0 saturated carbocycles. The number of thiazole rings is 1. The maximum atomic E-state index is 11.8. The number of carbonyl (C=O) groups excluding carboxylic acids is 1. The van der Waals surface area contributed by atoms with Gasteiger partial charge in [-0.25, -0.2) is 9.59 Å². The molecule has 1 N–H and O–H groups in total. The van der Waals surface area contributed by atoms with Crippen LogP contribution in [0, 0.1) is 0 Å². The van der Waals surface area contributed by atoms with Gasteiger partial charge in [0.15, 0.2) is 0 Å². The summed E-state index contributed by atoms with van der Waals surface area (Å²) in [5.74, 6) is -1.46. The van der Waals surface area contributed by atoms with Crippen LogP contribution >= 0.6 is 11.3 Å². The predicted molar refractivity (Wildman–Crippen MR) is 83.4 cm³/mol. The first kappa shape index (κ1) is 16.8. The van der Waals surface area contributed by atoms with Crippen LogP contribution in [0.2, 0.25) is 0 Å². The molecule has 1 aromatic carbocycles. The second-order valence-corrected chi connectivity index (χ2v) is 5.23. The molecule has 2 rings (SSSR count). The molecule has 1 aromatic heterocycles. The molecule has 0 saturated heterocycles. The Morgan fingerprint density at radius 3 is 2.74 bits per heavy atom. The standard InChI is InChI=1S/C15H15NO6S/c1-2-21-14(19)11-9-23-15(20)16(11)7-8-22-12-6-4-3-5-10(12)13(17)18/h3-6,9H,2,7-8H2,1H3,(H,17,18). The SMILES string of the molecule is CCOC(=O)c1csc(=O)n1CCOc1ccccc1C(=O)O. The van der Waals surface area contributed by atoms with E-state index in [1.54, 1.807) is 19.1 Å². The van der Waals surface area contributed by atoms with E-state index in [4.69, 9.17) is 14.6 Å². The Labute approximate surface area is 135 Å². The van der Waals surface area contributed by atoms with Gasteiger partial charge in [0.25, 0.3) is 0 Å². The molecular weight excluding hydrogens is 322 g/mol. The third kappa shape index (κ3) is 3.98. The number of carboxylic acid groups (broad SMARTS) is 1. The molecule has 0 bridgehead atoms. The Bertz CT molecular complexity index is 763. The third-order valence-electron chi connectivity index (χ3n) is 2.96. The number of benzene rings is 1. The minimum absolute atomic E-state index is 0.0378. The van der Waals surface area contributed by atoms with E-state index < -0.39 is 11.9 Å². The molecule has 122 valence electrons. The predicted octanol–water partition coefficient (Wildman–Crippen LogP) is 1.86. The molecule has 1 heterocycles. The Balaban J connectivity index is 2.08. The summed E-state index contributed by atoms with van der Waals surface area (Å²) >= 11 is 0.896. The first-order valence-electron chi connectivity index (χ1n) is 6.85. The highest BCUT2D eigenvalue weighted by molar-refractivity contribution is 7.07. The molecule has 7 nitrogen and oxygen atoms in total. The van der Waals surface area contributed by atoms with Gasteiger partial charge in [0.05, 0.1) is 13.2 Å². The largest absolute Gasteiger partial charge is 0.491 e. The normalized spacial score (nSPS) is 10.3. The number of aromatic nitrogens is 1. The highest BCUT2D eigenvalue weighted by Gasteiger charge is 2.16. The number of carbonyl (C=O) groups is 2. The lowest BCUT2D eigenvalue weighted by Crippen LogP contribution is -2.23. The zero-order chi connectivity index (χ0) is 16.8. The number of esters is 1. The van der Waals surface area contributed by atoms with Crippen molar-refractivity contribution in [1.29, 1.82) is 0 Å². The Hall–Kier alpha value is -2.61. The van der Waals surface area contributed by atoms with Crippen LogP contribution in [0.5, 0.6) is 5.75 Å². The molecule has 0 radical (unpaired) electrons. The Kier molecular flexibility index (Phi) is 5.53. The maximum Gasteiger partial charge on any atom is 0.355 e. The van der Waals surface area contributed by atoms with Gasteiger partial charge in [-0.15, -0.1) is 0 Å². The van der Waals surface area contributed by atoms with Gasteiger partial charge in [0, 0.05) is 5.38 Å². The van der Waals surface area contributed by atoms with Crippen molar-refractivity contribution in [1.82, 2.24) is 4.57 Å². The number of nitrogens with zero attached hydrogens (tertiary/aromatic N) is 1. The molecule has 0 aliphatic rings. The molecular formula is C15H15NO6S. The first-order chi connectivity index (χ1) is 11.0. The molecule has 23 heavy (non-hydrogen) atoms. The Morgan fingerprint density at radius 1 is 1.30 bits per heavy atom. The van der Waals surface area contributed by atoms with Crippen molar-refractivity contribution in [2.24, 2.45) is 0 Å². The fourth-order valence-corrected chi connectivity index (χ4v) is 2.68. The molecule has 2 aromatic rings. The van der Waals surface area contributed by atoms with Crippen molar-refractivity contribution in [3.63, 3.8) is 0 Å². The van der Waals surface area contributed by atoms with Crippen LogP contribution < -0.4 is 9.61 Å². The lowest BCUT2D eigenvalue weighted by atomic mass is 10.2. The van der Waals surface area contributed by atoms with Crippen LogP contribution in [0.4, 0.5) is 0 Å². The van der Waals surface area contributed by atoms with E-state index in [2.05, 4.69) is 0 Å². The quantitative estimate of drug-likeness (QED) is 0.775. The van der Waals surface area contributed by atoms with E-state index in [0.29, 0.717) is 0 Å². The number of hydrogen-bond acceptors (Lipinski definition) is 6. The van der Waals surface area contributed by atoms with Gasteiger partial charge in [-0.3, -0.25) is 9.36 Å². The minimum atomic E-state index is -1.10. The number of ether oxygens (including phenoxy) is 2. The fraction of sp³-hybridized carbons (Fsp3) is 0.267. The second kappa shape index (κ2) is 7.59. The van der Waals surface area contributed by atoms with E-state index >= 15 is 0 Å². The number of para-hydroxylation sites is 1. The van der Waals surface area contributed by atoms with Crippen LogP contribution in [0.3, 0.4) is 0 Å². The van der Waals surface area contributed by atoms with Crippen LogP contribution in [0.15, 0.2) is 34.4 Å². The monoisotopic (exact) mass is 337 g/mol. The summed E-state index contributed by atoms with van der Waals surface area (Å²) in [6.07, 6.45) is 0. The van der Waals surface area contributed by atoms with Gasteiger partial charge in [0.2, 0.25) is 0 Å². The summed E-state index contributed by atoms with van der Waals surface area (Å²) < 4.78 is 11.6. The highest BCUT2D eigenvalue weighted by atomic mass is 32.1. The van der Waals surface area contributed by atoms with Gasteiger partial charge < -0.3 is 14.6 Å². The summed E-state index contributed by atoms with van der Waals surface area (Å²) in [7, 11) is 0. The van der Waals surface area contributed by atoms with E-state index in [1.807, 2.05) is 0 Å². The average molecular weight is 337 g/mol. The summed E-state index contributed by atoms with van der Waals surface area (Å²) in [5.41, 5.74) is 0.202. The number of carboxylic acids is 1. The van der Waals surface area contributed by atoms with Gasteiger partial charge in [0.1, 0.15) is 23.6 Å². The van der Waals surface area contributed by atoms with E-state index in [1.165, 1.54) is 22.1 Å². The smallest absolute Gasteiger partial charge is 0.355 e. The highest BCUT2D eigenvalue weighted by Crippen LogP contribution is 2.17. The van der Waals surface area contributed by atoms with Gasteiger partial charge in [-0.2, -0.15) is 0 Å². The number of aromatic carboxylic acids is 1. The van der Waals surface area contributed by atoms with Crippen molar-refractivity contribution >= 4 is 23.3 Å². The molecule has 0 amide bonds. The Morgan fingerprint density at radius 2 is 2.04 bits per heavy atom. The molecule has 0 aliphatic carbocycles. The molecule has 0 spiro atoms. The van der Waals surface area contributed by atoms with Gasteiger partial charge in [-0.05, 0) is 19.1 Å². The molecule has 8 heteroatoms. The topological polar surface area (TPSA) is 94.8 Å². The van der Waals surface area contributed by atoms with Crippen molar-refractivity contribution in [2.45, 2.75) is 13.5 Å². The number of rotatable bonds is 7. The maximum absolute atomic E-state index is 11.8. The molecule has 0 aliphatic heterocycles. The zero-order valence-corrected chi connectivity index (χ0v) is 13.2. The van der Waals surface area contributed by atoms with Crippen molar-refractivity contribution in [2.75, 3.05) is 13.2 Å². The van der Waals surface area contributed by atoms with Crippen LogP contribution in [0.25, 0.3) is 0 Å². The van der Waals surface area contributed by atoms with E-state index in [0.717, 1.165) is 11.3 Å². The second-order valence-electron chi connectivity index (χ2n) is 4.41. The van der Waals surface area contributed by atoms with Crippen LogP contribution in [-0.2, 0) is 11.3 Å². The van der Waals surface area contributed by atoms with Crippen LogP contribution in [-0.4, -0.2) is 34.8 Å². The fourth-order valence-electron chi connectivity index (χ4n) is 1.92. The van der Waals surface area contributed by atoms with Gasteiger partial charge in [-0.1, -0.05) is 23.5 Å². The summed E-state index contributed by atoms with van der Waals surface area (Å²) in [6, 6.07) is 6.21. The van der Waals surface area contributed by atoms with Gasteiger partial charge >= 0.3 is 16.8 Å². The zero-order valence-electron chi connectivity index (χ0n) is 12.4. The third-order valence-corrected chi connectivity index (χ3v) is 3.72. The molecule has 0 atom stereocenters. The van der Waals surface area contributed by atoms with Crippen molar-refractivity contribution in [3.05, 3.63) is 50.6 Å². The van der Waals surface area contributed by atoms with Crippen molar-refractivity contribution in [3.8, 4) is 5.75 Å². The lowest BCUT2D eigenvalue weighted by Gasteiger charge is -2.10. The lowest BCUT2D eigenvalue weighted by molar-refractivity contribution is 0.0512. The minimum Gasteiger partial charge on any atom is -0.491 e. The molecule has 0 fully saturated rings. The first-order valence-corrected chi connectivity index (χ1v) is 7.73. The van der Waals surface area contributed by atoms with Crippen molar-refractivity contribution < 1.29 is 24.2 Å². The average Bonchev–Trinajstić information content (AvgIpc) is 2.89. The summed E-state index contributed by atoms with van der Waals surface area (Å²) in [5, 5.41) is 10.5. The summed E-state index contributed by atoms with van der Waals surface area (Å²) in [4.78, 5) is 34.3. The van der Waals surface area contributed by atoms with Crippen LogP contribution in [0.1, 0.15) is 27.8 Å². The van der Waals surface area contributed by atoms with E-state index in [-0.39, 0.29) is 41.6 Å². The van der Waals surface area contributed by atoms with E-state index in [9.17, 15) is 14.4 Å². The molecule has 0 unspecified atom stereocenters. The number of hydrogen-bond donors (Lipinski definition) is 1.